The lowest BCUT2D eigenvalue weighted by Crippen LogP contribution is -2.56. The molecule has 1 aromatic rings. The average Bonchev–Trinajstić information content (AvgIpc) is 3.24. The molecule has 5 atom stereocenters. The van der Waals surface area contributed by atoms with Crippen LogP contribution in [-0.2, 0) is 32.0 Å². The first kappa shape index (κ1) is 32.5. The van der Waals surface area contributed by atoms with Gasteiger partial charge in [0.15, 0.2) is 0 Å². The first-order chi connectivity index (χ1) is 20.4. The third-order valence-corrected chi connectivity index (χ3v) is 8.41. The molecule has 1 saturated carbocycles. The van der Waals surface area contributed by atoms with Crippen molar-refractivity contribution in [3.05, 3.63) is 23.5 Å². The highest BCUT2D eigenvalue weighted by molar-refractivity contribution is 5.96. The Morgan fingerprint density at radius 1 is 1.12 bits per heavy atom. The number of carboxylic acid groups (broad SMARTS) is 1. The minimum Gasteiger partial charge on any atom is -0.479 e. The molecule has 12 nitrogen and oxygen atoms in total. The first-order valence-electron chi connectivity index (χ1n) is 15.8. The molecule has 2 fully saturated rings. The van der Waals surface area contributed by atoms with Crippen LogP contribution in [-0.4, -0.2) is 78.6 Å². The summed E-state index contributed by atoms with van der Waals surface area (Å²) < 4.78 is 5.46. The van der Waals surface area contributed by atoms with E-state index in [-0.39, 0.29) is 24.9 Å². The van der Waals surface area contributed by atoms with E-state index in [2.05, 4.69) is 24.5 Å². The number of aliphatic carboxylic acids is 1. The fourth-order valence-corrected chi connectivity index (χ4v) is 6.11. The summed E-state index contributed by atoms with van der Waals surface area (Å²) in [7, 11) is 0. The molecule has 4 unspecified atom stereocenters. The molecule has 0 radical (unpaired) electrons. The molecule has 4 rings (SSSR count). The lowest BCUT2D eigenvalue weighted by Gasteiger charge is -2.30. The molecule has 3 N–H and O–H groups in total. The van der Waals surface area contributed by atoms with Crippen LogP contribution in [0.15, 0.2) is 12.2 Å². The second-order valence-corrected chi connectivity index (χ2v) is 13.2. The number of hydrogen-bond acceptors (Lipinski definition) is 7. The number of nitrogens with one attached hydrogen (secondary N) is 2. The summed E-state index contributed by atoms with van der Waals surface area (Å²) in [5.41, 5.74) is -0.288. The molecule has 0 aromatic carbocycles. The number of carboxylic acids is 1. The highest BCUT2D eigenvalue weighted by atomic mass is 16.6. The Bertz CT molecular complexity index is 1200. The minimum atomic E-state index is -1.39. The van der Waals surface area contributed by atoms with E-state index >= 15 is 0 Å². The summed E-state index contributed by atoms with van der Waals surface area (Å²) >= 11 is 0. The summed E-state index contributed by atoms with van der Waals surface area (Å²) in [5.74, 6) is -2.30. The van der Waals surface area contributed by atoms with Crippen LogP contribution in [0.25, 0.3) is 0 Å². The zero-order valence-corrected chi connectivity index (χ0v) is 26.2. The van der Waals surface area contributed by atoms with E-state index in [0.717, 1.165) is 56.3 Å². The summed E-state index contributed by atoms with van der Waals surface area (Å²) in [6.07, 6.45) is 10.7. The van der Waals surface area contributed by atoms with Crippen LogP contribution in [0.4, 0.5) is 4.79 Å². The fourth-order valence-electron chi connectivity index (χ4n) is 6.11. The highest BCUT2D eigenvalue weighted by Gasteiger charge is 2.61. The third kappa shape index (κ3) is 7.75. The molecule has 1 aliphatic carbocycles. The van der Waals surface area contributed by atoms with Crippen LogP contribution in [0.1, 0.15) is 110 Å². The minimum absolute atomic E-state index is 0.165. The van der Waals surface area contributed by atoms with Crippen LogP contribution in [0.3, 0.4) is 0 Å². The summed E-state index contributed by atoms with van der Waals surface area (Å²) in [5, 5.41) is 25.2. The van der Waals surface area contributed by atoms with Crippen LogP contribution in [0.5, 0.6) is 0 Å². The number of amides is 3. The van der Waals surface area contributed by atoms with Gasteiger partial charge in [-0.3, -0.25) is 9.59 Å². The van der Waals surface area contributed by atoms with Crippen molar-refractivity contribution in [3.8, 4) is 0 Å². The van der Waals surface area contributed by atoms with Gasteiger partial charge in [-0.25, -0.2) is 9.59 Å². The normalized spacial score (nSPS) is 29.0. The first-order valence-corrected chi connectivity index (χ1v) is 15.8. The summed E-state index contributed by atoms with van der Waals surface area (Å²) in [6.45, 7) is 9.59. The number of rotatable bonds is 7. The zero-order chi connectivity index (χ0) is 31.4. The number of aromatic nitrogens is 3. The van der Waals surface area contributed by atoms with Gasteiger partial charge in [0.1, 0.15) is 23.2 Å². The molecule has 43 heavy (non-hydrogen) atoms. The van der Waals surface area contributed by atoms with Gasteiger partial charge >= 0.3 is 12.1 Å². The maximum Gasteiger partial charge on any atom is 0.408 e. The van der Waals surface area contributed by atoms with Crippen molar-refractivity contribution < 1.29 is 29.0 Å². The molecular weight excluding hydrogens is 552 g/mol. The van der Waals surface area contributed by atoms with Crippen molar-refractivity contribution in [2.45, 2.75) is 135 Å². The van der Waals surface area contributed by atoms with Crippen molar-refractivity contribution in [2.75, 3.05) is 6.54 Å². The van der Waals surface area contributed by atoms with Crippen molar-refractivity contribution in [3.63, 3.8) is 0 Å². The van der Waals surface area contributed by atoms with Gasteiger partial charge in [-0.05, 0) is 59.3 Å². The summed E-state index contributed by atoms with van der Waals surface area (Å²) in [6, 6.07) is -2.22. The summed E-state index contributed by atoms with van der Waals surface area (Å²) in [4.78, 5) is 56.2. The number of allylic oxidation sites excluding steroid dienone is 1. The van der Waals surface area contributed by atoms with Gasteiger partial charge in [0.2, 0.25) is 11.8 Å². The maximum absolute atomic E-state index is 14.2. The predicted octanol–water partition coefficient (Wildman–Crippen LogP) is 3.70. The second-order valence-electron chi connectivity index (χ2n) is 13.2. The number of carbonyl (C=O) groups excluding carboxylic acids is 3. The number of aryl methyl sites for hydroxylation is 2. The highest BCUT2D eigenvalue weighted by Crippen LogP contribution is 2.45. The lowest BCUT2D eigenvalue weighted by atomic mass is 10.0. The van der Waals surface area contributed by atoms with E-state index in [9.17, 15) is 24.3 Å². The molecule has 12 heteroatoms. The topological polar surface area (TPSA) is 156 Å². The molecule has 0 spiro atoms. The average molecular weight is 601 g/mol. The Morgan fingerprint density at radius 3 is 2.40 bits per heavy atom. The van der Waals surface area contributed by atoms with Gasteiger partial charge < -0.3 is 25.4 Å². The SMILES string of the molecule is CCCc1nn([C@@H]2CC3C(=O)NC4(C(=O)O)CC4/C=C\CCCCCC(NC(=O)OC(C)(C)C)C(=O)N3C2)nc1CCC. The van der Waals surface area contributed by atoms with Gasteiger partial charge in [0.25, 0.3) is 0 Å². The Labute approximate surface area is 254 Å². The Morgan fingerprint density at radius 2 is 1.79 bits per heavy atom. The van der Waals surface area contributed by atoms with E-state index in [0.29, 0.717) is 19.3 Å². The lowest BCUT2D eigenvalue weighted by molar-refractivity contribution is -0.145. The molecule has 238 valence electrons. The van der Waals surface area contributed by atoms with Gasteiger partial charge in [-0.1, -0.05) is 51.7 Å². The van der Waals surface area contributed by atoms with Crippen LogP contribution in [0.2, 0.25) is 0 Å². The van der Waals surface area contributed by atoms with E-state index in [4.69, 9.17) is 14.9 Å². The zero-order valence-electron chi connectivity index (χ0n) is 26.2. The van der Waals surface area contributed by atoms with Crippen LogP contribution >= 0.6 is 0 Å². The largest absolute Gasteiger partial charge is 0.479 e. The van der Waals surface area contributed by atoms with E-state index < -0.39 is 47.1 Å². The number of alkyl carbamates (subject to hydrolysis) is 1. The third-order valence-electron chi connectivity index (χ3n) is 8.41. The Balaban J connectivity index is 1.66. The van der Waals surface area contributed by atoms with Crippen molar-refractivity contribution in [2.24, 2.45) is 5.92 Å². The number of fused-ring (bicyclic) bond motifs is 2. The maximum atomic E-state index is 14.2. The number of carbonyl (C=O) groups is 4. The quantitative estimate of drug-likeness (QED) is 0.400. The van der Waals surface area contributed by atoms with Crippen molar-refractivity contribution in [1.82, 2.24) is 30.5 Å². The molecule has 3 heterocycles. The van der Waals surface area contributed by atoms with Crippen LogP contribution in [0, 0.1) is 5.92 Å². The van der Waals surface area contributed by atoms with Crippen molar-refractivity contribution in [1.29, 1.82) is 0 Å². The van der Waals surface area contributed by atoms with Crippen molar-refractivity contribution >= 4 is 23.9 Å². The number of nitrogens with zero attached hydrogens (tertiary/aromatic N) is 4. The van der Waals surface area contributed by atoms with E-state index in [1.165, 1.54) is 4.90 Å². The van der Waals surface area contributed by atoms with Crippen LogP contribution < -0.4 is 10.6 Å². The second kappa shape index (κ2) is 13.5. The van der Waals surface area contributed by atoms with Gasteiger partial charge in [0, 0.05) is 18.9 Å². The molecule has 2 aliphatic heterocycles. The molecule has 3 amide bonds. The van der Waals surface area contributed by atoms with E-state index in [1.807, 2.05) is 12.2 Å². The fraction of sp³-hybridized carbons (Fsp3) is 0.742. The molecule has 0 bridgehead atoms. The molecule has 3 aliphatic rings. The molecular formula is C31H48N6O6. The predicted molar refractivity (Wildman–Crippen MR) is 159 cm³/mol. The Hall–Kier alpha value is -3.44. The van der Waals surface area contributed by atoms with Gasteiger partial charge in [-0.15, -0.1) is 0 Å². The smallest absolute Gasteiger partial charge is 0.408 e. The Kier molecular flexibility index (Phi) is 10.2. The number of ether oxygens (including phenoxy) is 1. The van der Waals surface area contributed by atoms with E-state index in [1.54, 1.807) is 25.6 Å². The monoisotopic (exact) mass is 600 g/mol. The van der Waals surface area contributed by atoms with Gasteiger partial charge in [-0.2, -0.15) is 15.0 Å². The van der Waals surface area contributed by atoms with Gasteiger partial charge in [0.05, 0.1) is 17.4 Å². The molecule has 1 saturated heterocycles. The number of hydrogen-bond donors (Lipinski definition) is 3. The molecule has 1 aromatic heterocycles. The standard InChI is InChI=1S/C31H48N6O6/c1-6-13-22-23(14-7-2)35-37(34-22)21-17-25-26(38)33-31(28(40)41)18-20(31)15-11-9-8-10-12-16-24(27(39)36(25)19-21)32-29(42)43-30(3,4)5/h11,15,20-21,24-25H,6-10,12-14,16-19H2,1-5H3,(H,32,42)(H,33,38)(H,40,41)/b15-11-/t20?,21-,24?,25?,31?/m1/s1.